The van der Waals surface area contributed by atoms with Gasteiger partial charge in [0.25, 0.3) is 5.88 Å². The van der Waals surface area contributed by atoms with Crippen molar-refractivity contribution in [1.29, 1.82) is 0 Å². The van der Waals surface area contributed by atoms with Crippen LogP contribution in [0.1, 0.15) is 42.3 Å². The van der Waals surface area contributed by atoms with Crippen LogP contribution < -0.4 is 4.74 Å². The van der Waals surface area contributed by atoms with Crippen LogP contribution >= 0.6 is 23.2 Å². The van der Waals surface area contributed by atoms with Crippen molar-refractivity contribution in [2.45, 2.75) is 51.0 Å². The number of rotatable bonds is 8. The van der Waals surface area contributed by atoms with Crippen LogP contribution in [0.5, 0.6) is 5.88 Å². The van der Waals surface area contributed by atoms with E-state index >= 15 is 0 Å². The third kappa shape index (κ3) is 5.84. The van der Waals surface area contributed by atoms with Crippen LogP contribution in [-0.2, 0) is 24.4 Å². The van der Waals surface area contributed by atoms with Gasteiger partial charge in [-0.2, -0.15) is 0 Å². The molecule has 12 heteroatoms. The number of piperidine rings is 1. The minimum atomic E-state index is -0.580. The Labute approximate surface area is 233 Å². The van der Waals surface area contributed by atoms with E-state index in [0.717, 1.165) is 56.0 Å². The van der Waals surface area contributed by atoms with Crippen molar-refractivity contribution in [3.05, 3.63) is 75.3 Å². The average Bonchev–Trinajstić information content (AvgIpc) is 3.22. The van der Waals surface area contributed by atoms with E-state index in [-0.39, 0.29) is 35.1 Å². The molecule has 0 amide bonds. The summed E-state index contributed by atoms with van der Waals surface area (Å²) in [7, 11) is 0. The summed E-state index contributed by atoms with van der Waals surface area (Å²) in [5, 5.41) is 8.89. The van der Waals surface area contributed by atoms with E-state index in [1.165, 1.54) is 18.2 Å². The van der Waals surface area contributed by atoms with Crippen molar-refractivity contribution < 1.29 is 18.3 Å². The highest BCUT2D eigenvalue weighted by Crippen LogP contribution is 2.30. The number of nitrogens with zero attached hydrogens (tertiary/aromatic N) is 6. The third-order valence-corrected chi connectivity index (χ3v) is 7.73. The van der Waals surface area contributed by atoms with Crippen molar-refractivity contribution in [3.8, 4) is 5.88 Å². The van der Waals surface area contributed by atoms with E-state index in [9.17, 15) is 8.78 Å². The van der Waals surface area contributed by atoms with E-state index in [4.69, 9.17) is 37.7 Å². The zero-order valence-electron chi connectivity index (χ0n) is 21.0. The van der Waals surface area contributed by atoms with Gasteiger partial charge < -0.3 is 14.0 Å². The Balaban J connectivity index is 1.11. The Morgan fingerprint density at radius 1 is 0.974 bits per heavy atom. The number of fused-ring (bicyclic) bond motifs is 1. The first-order valence-corrected chi connectivity index (χ1v) is 13.6. The van der Waals surface area contributed by atoms with Gasteiger partial charge in [-0.25, -0.2) is 18.7 Å². The molecule has 6 rings (SSSR count). The molecule has 1 aromatic carbocycles. The lowest BCUT2D eigenvalue weighted by atomic mass is 9.93. The van der Waals surface area contributed by atoms with Crippen LogP contribution in [0.4, 0.5) is 8.78 Å². The molecule has 0 spiro atoms. The number of pyridine rings is 1. The van der Waals surface area contributed by atoms with Gasteiger partial charge >= 0.3 is 0 Å². The fourth-order valence-corrected chi connectivity index (χ4v) is 5.33. The Kier molecular flexibility index (Phi) is 7.61. The van der Waals surface area contributed by atoms with Crippen LogP contribution in [0.2, 0.25) is 10.2 Å². The molecular weight excluding hydrogens is 549 g/mol. The SMILES string of the molecule is Fc1cc(Cl)ccc1COc1nc(C2CCN(Cc3nc4cc(Cl)nnc4n3C[C@@H]3CCO3)CC2)ccc1F. The molecule has 0 aliphatic carbocycles. The predicted molar refractivity (Wildman–Crippen MR) is 142 cm³/mol. The van der Waals surface area contributed by atoms with E-state index in [1.807, 2.05) is 0 Å². The van der Waals surface area contributed by atoms with Crippen LogP contribution in [-0.4, -0.2) is 55.4 Å². The van der Waals surface area contributed by atoms with Crippen LogP contribution in [0.3, 0.4) is 0 Å². The first kappa shape index (κ1) is 26.3. The molecule has 8 nitrogen and oxygen atoms in total. The minimum Gasteiger partial charge on any atom is -0.471 e. The van der Waals surface area contributed by atoms with Gasteiger partial charge in [0.1, 0.15) is 23.8 Å². The molecule has 5 heterocycles. The molecule has 4 aromatic rings. The van der Waals surface area contributed by atoms with Gasteiger partial charge in [0.05, 0.1) is 19.2 Å². The van der Waals surface area contributed by atoms with Gasteiger partial charge in [0.15, 0.2) is 16.6 Å². The highest BCUT2D eigenvalue weighted by Gasteiger charge is 2.27. The van der Waals surface area contributed by atoms with Crippen LogP contribution in [0.15, 0.2) is 36.4 Å². The molecule has 2 aliphatic heterocycles. The minimum absolute atomic E-state index is 0.129. The largest absolute Gasteiger partial charge is 0.471 e. The highest BCUT2D eigenvalue weighted by molar-refractivity contribution is 6.30. The highest BCUT2D eigenvalue weighted by atomic mass is 35.5. The van der Waals surface area contributed by atoms with Gasteiger partial charge in [-0.3, -0.25) is 4.90 Å². The number of hydrogen-bond donors (Lipinski definition) is 0. The number of halogens is 4. The smallest absolute Gasteiger partial charge is 0.250 e. The lowest BCUT2D eigenvalue weighted by Crippen LogP contribution is -2.35. The summed E-state index contributed by atoms with van der Waals surface area (Å²) < 4.78 is 41.8. The third-order valence-electron chi connectivity index (χ3n) is 7.31. The second-order valence-electron chi connectivity index (χ2n) is 9.89. The molecule has 2 fully saturated rings. The van der Waals surface area contributed by atoms with Crippen LogP contribution in [0, 0.1) is 11.6 Å². The summed E-state index contributed by atoms with van der Waals surface area (Å²) in [6, 6.07) is 9.08. The van der Waals surface area contributed by atoms with Crippen molar-refractivity contribution in [1.82, 2.24) is 29.6 Å². The first-order valence-electron chi connectivity index (χ1n) is 12.9. The van der Waals surface area contributed by atoms with E-state index in [1.54, 1.807) is 18.2 Å². The number of ether oxygens (including phenoxy) is 2. The van der Waals surface area contributed by atoms with Gasteiger partial charge in [-0.1, -0.05) is 29.3 Å². The summed E-state index contributed by atoms with van der Waals surface area (Å²) in [6.07, 6.45) is 2.86. The lowest BCUT2D eigenvalue weighted by Gasteiger charge is -2.32. The molecule has 2 aliphatic rings. The summed E-state index contributed by atoms with van der Waals surface area (Å²) in [5.74, 6) is -0.154. The molecule has 0 N–H and O–H groups in total. The summed E-state index contributed by atoms with van der Waals surface area (Å²) >= 11 is 11.9. The maximum atomic E-state index is 14.4. The molecule has 204 valence electrons. The Morgan fingerprint density at radius 2 is 1.79 bits per heavy atom. The topological polar surface area (TPSA) is 78.2 Å². The second-order valence-corrected chi connectivity index (χ2v) is 10.7. The van der Waals surface area contributed by atoms with Gasteiger partial charge in [0.2, 0.25) is 0 Å². The van der Waals surface area contributed by atoms with E-state index in [2.05, 4.69) is 24.6 Å². The maximum absolute atomic E-state index is 14.4. The number of likely N-dealkylation sites (tertiary alicyclic amines) is 1. The molecule has 39 heavy (non-hydrogen) atoms. The number of imidazole rings is 1. The molecule has 0 radical (unpaired) electrons. The summed E-state index contributed by atoms with van der Waals surface area (Å²) in [4.78, 5) is 11.6. The molecule has 1 atom stereocenters. The Bertz CT molecular complexity index is 1490. The van der Waals surface area contributed by atoms with Gasteiger partial charge in [-0.15, -0.1) is 10.2 Å². The number of hydrogen-bond acceptors (Lipinski definition) is 7. The molecule has 0 bridgehead atoms. The monoisotopic (exact) mass is 574 g/mol. The molecule has 0 saturated carbocycles. The second kappa shape index (κ2) is 11.3. The molecular formula is C27H26Cl2F2N6O2. The first-order chi connectivity index (χ1) is 18.9. The molecule has 0 unspecified atom stereocenters. The zero-order chi connectivity index (χ0) is 26.9. The average molecular weight is 575 g/mol. The Hall–Kier alpha value is -2.92. The summed E-state index contributed by atoms with van der Waals surface area (Å²) in [5.41, 5.74) is 2.48. The zero-order valence-corrected chi connectivity index (χ0v) is 22.5. The van der Waals surface area contributed by atoms with Crippen molar-refractivity contribution >= 4 is 34.4 Å². The standard InChI is InChI=1S/C27H26Cl2F2N6O2/c28-18-2-1-17(21(31)11-18)15-39-27-20(30)3-4-22(33-27)16-5-8-36(9-6-16)14-25-32-23-12-24(29)34-35-26(23)37(25)13-19-7-10-38-19/h1-4,11-12,16,19H,5-10,13-15H2/t19-/m0/s1. The number of aromatic nitrogens is 5. The normalized spacial score (nSPS) is 18.4. The molecule has 3 aromatic heterocycles. The van der Waals surface area contributed by atoms with E-state index in [0.29, 0.717) is 23.9 Å². The molecule has 2 saturated heterocycles. The van der Waals surface area contributed by atoms with Crippen molar-refractivity contribution in [2.24, 2.45) is 0 Å². The van der Waals surface area contributed by atoms with E-state index < -0.39 is 11.6 Å². The fourth-order valence-electron chi connectivity index (χ4n) is 5.03. The summed E-state index contributed by atoms with van der Waals surface area (Å²) in [6.45, 7) is 3.63. The Morgan fingerprint density at radius 3 is 2.54 bits per heavy atom. The quantitative estimate of drug-likeness (QED) is 0.273. The number of benzene rings is 1. The predicted octanol–water partition coefficient (Wildman–Crippen LogP) is 5.55. The van der Waals surface area contributed by atoms with Gasteiger partial charge in [0, 0.05) is 34.9 Å². The van der Waals surface area contributed by atoms with Crippen LogP contribution in [0.25, 0.3) is 11.2 Å². The van der Waals surface area contributed by atoms with Crippen molar-refractivity contribution in [2.75, 3.05) is 19.7 Å². The van der Waals surface area contributed by atoms with Crippen molar-refractivity contribution in [3.63, 3.8) is 0 Å². The lowest BCUT2D eigenvalue weighted by molar-refractivity contribution is -0.0593. The maximum Gasteiger partial charge on any atom is 0.250 e. The fraction of sp³-hybridized carbons (Fsp3) is 0.407. The van der Waals surface area contributed by atoms with Gasteiger partial charge in [-0.05, 0) is 56.6 Å².